The molecule has 0 bridgehead atoms. The lowest BCUT2D eigenvalue weighted by molar-refractivity contribution is 0.268. The molecule has 0 aliphatic carbocycles. The largest absolute Gasteiger partial charge is 0.444 e. The first-order valence-electron chi connectivity index (χ1n) is 3.04. The van der Waals surface area contributed by atoms with Gasteiger partial charge in [-0.25, -0.2) is 0 Å². The lowest BCUT2D eigenvalue weighted by Gasteiger charge is -2.07. The second-order valence-electron chi connectivity index (χ2n) is 2.29. The number of nitrogens with zero attached hydrogens (tertiary/aromatic N) is 1. The van der Waals surface area contributed by atoms with Crippen LogP contribution in [0.4, 0.5) is 0 Å². The molecule has 0 fully saturated rings. The van der Waals surface area contributed by atoms with Crippen LogP contribution in [0.2, 0.25) is 0 Å². The van der Waals surface area contributed by atoms with E-state index in [1.165, 1.54) is 10.8 Å². The van der Waals surface area contributed by atoms with Gasteiger partial charge in [-0.3, -0.25) is 5.43 Å². The predicted molar refractivity (Wildman–Crippen MR) is 46.9 cm³/mol. The summed E-state index contributed by atoms with van der Waals surface area (Å²) in [5.74, 6) is 1.10. The number of ether oxygens (including phenoxy) is 1. The Hall–Kier alpha value is -0.0300. The Morgan fingerprint density at radius 2 is 2.50 bits per heavy atom. The number of rotatable bonds is 2. The minimum absolute atomic E-state index is 0.110. The molecule has 1 N–H and O–H groups in total. The molecule has 0 aromatic rings. The van der Waals surface area contributed by atoms with Crippen LogP contribution in [0.3, 0.4) is 0 Å². The van der Waals surface area contributed by atoms with E-state index in [-0.39, 0.29) is 5.56 Å². The number of hydrazone groups is 1. The van der Waals surface area contributed by atoms with Gasteiger partial charge in [0.05, 0.1) is 0 Å². The van der Waals surface area contributed by atoms with E-state index in [9.17, 15) is 0 Å². The summed E-state index contributed by atoms with van der Waals surface area (Å²) in [5, 5.41) is 3.96. The number of hydrogen-bond donors (Lipinski definition) is 2. The first-order valence-corrected chi connectivity index (χ1v) is 4.97. The molecule has 0 radical (unpaired) electrons. The molecule has 5 heteroatoms. The Kier molecular flexibility index (Phi) is 2.73. The van der Waals surface area contributed by atoms with E-state index in [1.54, 1.807) is 0 Å². The average molecular weight is 178 g/mol. The zero-order chi connectivity index (χ0) is 7.56. The highest BCUT2D eigenvalue weighted by molar-refractivity contribution is 8.68. The molecule has 0 amide bonds. The maximum Gasteiger partial charge on any atom is 0.244 e. The van der Waals surface area contributed by atoms with Crippen LogP contribution in [0.15, 0.2) is 5.10 Å². The van der Waals surface area contributed by atoms with Gasteiger partial charge in [-0.2, -0.15) is 0 Å². The molecule has 0 saturated heterocycles. The van der Waals surface area contributed by atoms with Gasteiger partial charge in [-0.1, -0.05) is 13.8 Å². The Morgan fingerprint density at radius 3 is 2.80 bits per heavy atom. The zero-order valence-corrected chi connectivity index (χ0v) is 7.58. The number of hydrogen-bond acceptors (Lipinski definition) is 5. The van der Waals surface area contributed by atoms with Crippen LogP contribution in [0.25, 0.3) is 0 Å². The van der Waals surface area contributed by atoms with E-state index >= 15 is 0 Å². The van der Waals surface area contributed by atoms with Gasteiger partial charge in [0, 0.05) is 5.92 Å². The first-order chi connectivity index (χ1) is 4.74. The minimum Gasteiger partial charge on any atom is -0.444 e. The van der Waals surface area contributed by atoms with Crippen molar-refractivity contribution >= 4 is 28.4 Å². The quantitative estimate of drug-likeness (QED) is 0.496. The van der Waals surface area contributed by atoms with Crippen LogP contribution in [0.1, 0.15) is 13.8 Å². The summed E-state index contributed by atoms with van der Waals surface area (Å²) in [5.41, 5.74) is 2.68. The lowest BCUT2D eigenvalue weighted by Crippen LogP contribution is -2.16. The highest BCUT2D eigenvalue weighted by atomic mass is 33.1. The van der Waals surface area contributed by atoms with Gasteiger partial charge in [-0.15, -0.1) is 16.8 Å². The van der Waals surface area contributed by atoms with E-state index in [2.05, 4.69) is 22.2 Å². The summed E-state index contributed by atoms with van der Waals surface area (Å²) >= 11 is 3.98. The standard InChI is InChI=1S/C5H10N2OS2/c1-3(2)4-6-7-5(8-4)10-9/h3,5,7,9H,1-2H3. The molecule has 3 nitrogen and oxygen atoms in total. The predicted octanol–water partition coefficient (Wildman–Crippen LogP) is 1.44. The van der Waals surface area contributed by atoms with Crippen molar-refractivity contribution in [2.24, 2.45) is 11.0 Å². The summed E-state index contributed by atoms with van der Waals surface area (Å²) in [6.45, 7) is 4.07. The summed E-state index contributed by atoms with van der Waals surface area (Å²) in [4.78, 5) is 0. The summed E-state index contributed by atoms with van der Waals surface area (Å²) < 4.78 is 5.30. The van der Waals surface area contributed by atoms with Gasteiger partial charge in [0.15, 0.2) is 0 Å². The van der Waals surface area contributed by atoms with Gasteiger partial charge in [-0.05, 0) is 10.8 Å². The molecule has 0 aromatic heterocycles. The second-order valence-corrected chi connectivity index (χ2v) is 3.56. The molecule has 10 heavy (non-hydrogen) atoms. The molecule has 1 heterocycles. The monoisotopic (exact) mass is 178 g/mol. The lowest BCUT2D eigenvalue weighted by atomic mass is 10.2. The van der Waals surface area contributed by atoms with E-state index in [0.717, 1.165) is 5.90 Å². The fourth-order valence-corrected chi connectivity index (χ4v) is 1.10. The van der Waals surface area contributed by atoms with Crippen molar-refractivity contribution in [3.63, 3.8) is 0 Å². The maximum absolute atomic E-state index is 5.30. The molecule has 1 unspecified atom stereocenters. The van der Waals surface area contributed by atoms with Crippen molar-refractivity contribution in [1.29, 1.82) is 0 Å². The third-order valence-corrected chi connectivity index (χ3v) is 2.07. The molecule has 1 aliphatic heterocycles. The Morgan fingerprint density at radius 1 is 1.80 bits per heavy atom. The molecule has 1 rings (SSSR count). The van der Waals surface area contributed by atoms with Gasteiger partial charge >= 0.3 is 0 Å². The molecule has 58 valence electrons. The van der Waals surface area contributed by atoms with Crippen LogP contribution < -0.4 is 5.43 Å². The maximum atomic E-state index is 5.30. The van der Waals surface area contributed by atoms with Crippen LogP contribution in [0.5, 0.6) is 0 Å². The summed E-state index contributed by atoms with van der Waals surface area (Å²) in [7, 11) is 1.30. The van der Waals surface area contributed by atoms with E-state index in [0.29, 0.717) is 5.92 Å². The number of thiol groups is 1. The molecular weight excluding hydrogens is 168 g/mol. The van der Waals surface area contributed by atoms with Crippen molar-refractivity contribution < 1.29 is 4.74 Å². The molecule has 0 spiro atoms. The summed E-state index contributed by atoms with van der Waals surface area (Å²) in [6.07, 6.45) is 0. The van der Waals surface area contributed by atoms with Crippen LogP contribution >= 0.6 is 22.5 Å². The highest BCUT2D eigenvalue weighted by Crippen LogP contribution is 2.19. The fraction of sp³-hybridized carbons (Fsp3) is 0.800. The normalized spacial score (nSPS) is 24.0. The average Bonchev–Trinajstić information content (AvgIpc) is 2.34. The first kappa shape index (κ1) is 8.07. The van der Waals surface area contributed by atoms with Gasteiger partial charge in [0.1, 0.15) is 0 Å². The second kappa shape index (κ2) is 3.39. The minimum atomic E-state index is -0.110. The molecular formula is C5H10N2OS2. The van der Waals surface area contributed by atoms with Crippen molar-refractivity contribution in [2.75, 3.05) is 0 Å². The fourth-order valence-electron chi connectivity index (χ4n) is 0.589. The van der Waals surface area contributed by atoms with E-state index < -0.39 is 0 Å². The van der Waals surface area contributed by atoms with Crippen molar-refractivity contribution in [2.45, 2.75) is 19.4 Å². The van der Waals surface area contributed by atoms with Crippen LogP contribution in [-0.4, -0.2) is 11.5 Å². The van der Waals surface area contributed by atoms with E-state index in [1.807, 2.05) is 13.8 Å². The Bertz CT molecular complexity index is 149. The zero-order valence-electron chi connectivity index (χ0n) is 5.87. The topological polar surface area (TPSA) is 33.6 Å². The third-order valence-electron chi connectivity index (χ3n) is 1.10. The van der Waals surface area contributed by atoms with Crippen molar-refractivity contribution in [1.82, 2.24) is 5.43 Å². The van der Waals surface area contributed by atoms with Crippen molar-refractivity contribution in [3.05, 3.63) is 0 Å². The number of nitrogens with one attached hydrogen (secondary N) is 1. The van der Waals surface area contributed by atoms with Gasteiger partial charge in [0.2, 0.25) is 11.5 Å². The van der Waals surface area contributed by atoms with Crippen molar-refractivity contribution in [3.8, 4) is 0 Å². The molecule has 1 atom stereocenters. The Labute approximate surface area is 69.4 Å². The molecule has 0 saturated carbocycles. The SMILES string of the molecule is CC(C)C1=NNC(SS)O1. The molecule has 0 aromatic carbocycles. The third kappa shape index (κ3) is 1.73. The van der Waals surface area contributed by atoms with Gasteiger partial charge < -0.3 is 4.74 Å². The van der Waals surface area contributed by atoms with Crippen LogP contribution in [0, 0.1) is 5.92 Å². The van der Waals surface area contributed by atoms with Gasteiger partial charge in [0.25, 0.3) is 0 Å². The van der Waals surface area contributed by atoms with Crippen LogP contribution in [-0.2, 0) is 4.74 Å². The highest BCUT2D eigenvalue weighted by Gasteiger charge is 2.20. The Balaban J connectivity index is 2.39. The molecule has 1 aliphatic rings. The summed E-state index contributed by atoms with van der Waals surface area (Å²) in [6, 6.07) is 0. The smallest absolute Gasteiger partial charge is 0.244 e. The van der Waals surface area contributed by atoms with E-state index in [4.69, 9.17) is 4.74 Å².